The van der Waals surface area contributed by atoms with Gasteiger partial charge in [-0.2, -0.15) is 5.10 Å². The number of carbonyl (C=O) groups excluding carboxylic acids is 1. The number of halogens is 1. The van der Waals surface area contributed by atoms with Gasteiger partial charge in [-0.1, -0.05) is 17.7 Å². The third kappa shape index (κ3) is 5.07. The Bertz CT molecular complexity index is 587. The van der Waals surface area contributed by atoms with Crippen LogP contribution in [0.25, 0.3) is 0 Å². The number of aromatic nitrogens is 3. The monoisotopic (exact) mass is 308 g/mol. The standard InChI is InChI=1S/C14H17ClN4O2/c1-10-4-5-11(15)12(7-10)21-8-14(20)16-6-2-3-13-17-9-18-19-13/h4-5,7,9H,2-3,6,8H2,1H3,(H,16,20)(H,17,18,19). The summed E-state index contributed by atoms with van der Waals surface area (Å²) in [6.07, 6.45) is 2.99. The number of nitrogens with zero attached hydrogens (tertiary/aromatic N) is 2. The minimum absolute atomic E-state index is 0.0501. The number of aryl methyl sites for hydroxylation is 2. The van der Waals surface area contributed by atoms with E-state index in [4.69, 9.17) is 16.3 Å². The van der Waals surface area contributed by atoms with E-state index >= 15 is 0 Å². The molecule has 1 aromatic carbocycles. The van der Waals surface area contributed by atoms with Crippen LogP contribution in [0.5, 0.6) is 5.75 Å². The van der Waals surface area contributed by atoms with Gasteiger partial charge in [0.1, 0.15) is 17.9 Å². The lowest BCUT2D eigenvalue weighted by Crippen LogP contribution is -2.30. The summed E-state index contributed by atoms with van der Waals surface area (Å²) in [6, 6.07) is 5.44. The summed E-state index contributed by atoms with van der Waals surface area (Å²) in [7, 11) is 0. The van der Waals surface area contributed by atoms with E-state index in [9.17, 15) is 4.79 Å². The van der Waals surface area contributed by atoms with Crippen molar-refractivity contribution in [2.45, 2.75) is 19.8 Å². The van der Waals surface area contributed by atoms with E-state index < -0.39 is 0 Å². The zero-order valence-corrected chi connectivity index (χ0v) is 12.5. The number of carbonyl (C=O) groups is 1. The molecule has 2 rings (SSSR count). The third-order valence-corrected chi connectivity index (χ3v) is 3.14. The van der Waals surface area contributed by atoms with Gasteiger partial charge >= 0.3 is 0 Å². The van der Waals surface area contributed by atoms with Gasteiger partial charge < -0.3 is 10.1 Å². The molecule has 0 aliphatic rings. The van der Waals surface area contributed by atoms with Crippen molar-refractivity contribution < 1.29 is 9.53 Å². The number of nitrogens with one attached hydrogen (secondary N) is 2. The highest BCUT2D eigenvalue weighted by atomic mass is 35.5. The number of hydrogen-bond donors (Lipinski definition) is 2. The Morgan fingerprint density at radius 2 is 2.33 bits per heavy atom. The fourth-order valence-electron chi connectivity index (χ4n) is 1.75. The molecule has 0 aliphatic carbocycles. The van der Waals surface area contributed by atoms with Gasteiger partial charge in [-0.25, -0.2) is 4.98 Å². The molecular formula is C14H17ClN4O2. The topological polar surface area (TPSA) is 79.9 Å². The lowest BCUT2D eigenvalue weighted by Gasteiger charge is -2.09. The normalized spacial score (nSPS) is 10.4. The molecule has 0 aliphatic heterocycles. The molecular weight excluding hydrogens is 292 g/mol. The number of aromatic amines is 1. The number of benzene rings is 1. The summed E-state index contributed by atoms with van der Waals surface area (Å²) in [5.41, 5.74) is 1.03. The maximum atomic E-state index is 11.7. The van der Waals surface area contributed by atoms with Crippen molar-refractivity contribution in [3.05, 3.63) is 40.9 Å². The molecule has 0 bridgehead atoms. The number of ether oxygens (including phenoxy) is 1. The minimum atomic E-state index is -0.176. The summed E-state index contributed by atoms with van der Waals surface area (Å²) < 4.78 is 5.41. The Hall–Kier alpha value is -2.08. The van der Waals surface area contributed by atoms with E-state index in [-0.39, 0.29) is 12.5 Å². The molecule has 2 N–H and O–H groups in total. The number of H-pyrrole nitrogens is 1. The zero-order valence-electron chi connectivity index (χ0n) is 11.7. The molecule has 7 heteroatoms. The first-order chi connectivity index (χ1) is 10.1. The van der Waals surface area contributed by atoms with Crippen molar-refractivity contribution >= 4 is 17.5 Å². The van der Waals surface area contributed by atoms with E-state index in [2.05, 4.69) is 20.5 Å². The average molecular weight is 309 g/mol. The largest absolute Gasteiger partial charge is 0.482 e. The summed E-state index contributed by atoms with van der Waals surface area (Å²) in [4.78, 5) is 15.7. The molecule has 112 valence electrons. The third-order valence-electron chi connectivity index (χ3n) is 2.82. The van der Waals surface area contributed by atoms with E-state index in [0.717, 1.165) is 24.2 Å². The Balaban J connectivity index is 1.66. The van der Waals surface area contributed by atoms with Crippen LogP contribution in [0.3, 0.4) is 0 Å². The van der Waals surface area contributed by atoms with E-state index in [1.54, 1.807) is 12.1 Å². The lowest BCUT2D eigenvalue weighted by molar-refractivity contribution is -0.123. The van der Waals surface area contributed by atoms with E-state index in [1.807, 2.05) is 13.0 Å². The molecule has 0 unspecified atom stereocenters. The number of amides is 1. The average Bonchev–Trinajstić information content (AvgIpc) is 2.98. The van der Waals surface area contributed by atoms with Crippen LogP contribution in [0.2, 0.25) is 5.02 Å². The van der Waals surface area contributed by atoms with Gasteiger partial charge in [-0.05, 0) is 31.0 Å². The highest BCUT2D eigenvalue weighted by Crippen LogP contribution is 2.24. The summed E-state index contributed by atoms with van der Waals surface area (Å²) in [5, 5.41) is 9.81. The molecule has 0 spiro atoms. The van der Waals surface area contributed by atoms with Crippen LogP contribution in [-0.4, -0.2) is 34.2 Å². The van der Waals surface area contributed by atoms with Crippen molar-refractivity contribution in [3.8, 4) is 5.75 Å². The first-order valence-electron chi connectivity index (χ1n) is 6.65. The van der Waals surface area contributed by atoms with E-state index in [0.29, 0.717) is 17.3 Å². The van der Waals surface area contributed by atoms with Crippen molar-refractivity contribution in [1.29, 1.82) is 0 Å². The van der Waals surface area contributed by atoms with Crippen molar-refractivity contribution in [1.82, 2.24) is 20.5 Å². The van der Waals surface area contributed by atoms with Crippen LogP contribution in [-0.2, 0) is 11.2 Å². The first kappa shape index (κ1) is 15.3. The molecule has 21 heavy (non-hydrogen) atoms. The molecule has 1 amide bonds. The van der Waals surface area contributed by atoms with Crippen LogP contribution in [0.15, 0.2) is 24.5 Å². The van der Waals surface area contributed by atoms with Gasteiger partial charge in [-0.3, -0.25) is 9.89 Å². The predicted molar refractivity (Wildman–Crippen MR) is 79.4 cm³/mol. The van der Waals surface area contributed by atoms with Crippen LogP contribution in [0.4, 0.5) is 0 Å². The summed E-state index contributed by atoms with van der Waals surface area (Å²) in [6.45, 7) is 2.45. The smallest absolute Gasteiger partial charge is 0.257 e. The second-order valence-corrected chi connectivity index (χ2v) is 5.02. The first-order valence-corrected chi connectivity index (χ1v) is 7.03. The molecule has 0 saturated carbocycles. The number of rotatable bonds is 7. The molecule has 0 radical (unpaired) electrons. The number of hydrogen-bond acceptors (Lipinski definition) is 4. The minimum Gasteiger partial charge on any atom is -0.482 e. The molecule has 2 aromatic rings. The van der Waals surface area contributed by atoms with Gasteiger partial charge in [-0.15, -0.1) is 0 Å². The van der Waals surface area contributed by atoms with Gasteiger partial charge in [0.25, 0.3) is 5.91 Å². The second kappa shape index (κ2) is 7.64. The molecule has 0 fully saturated rings. The quantitative estimate of drug-likeness (QED) is 0.766. The molecule has 6 nitrogen and oxygen atoms in total. The zero-order chi connectivity index (χ0) is 15.1. The van der Waals surface area contributed by atoms with Crippen LogP contribution < -0.4 is 10.1 Å². The van der Waals surface area contributed by atoms with Gasteiger partial charge in [0, 0.05) is 13.0 Å². The Morgan fingerprint density at radius 3 is 3.10 bits per heavy atom. The van der Waals surface area contributed by atoms with Gasteiger partial charge in [0.2, 0.25) is 0 Å². The van der Waals surface area contributed by atoms with Crippen LogP contribution >= 0.6 is 11.6 Å². The summed E-state index contributed by atoms with van der Waals surface area (Å²) in [5.74, 6) is 1.16. The molecule has 0 atom stereocenters. The van der Waals surface area contributed by atoms with Crippen molar-refractivity contribution in [2.24, 2.45) is 0 Å². The summed E-state index contributed by atoms with van der Waals surface area (Å²) >= 11 is 5.99. The lowest BCUT2D eigenvalue weighted by atomic mass is 10.2. The molecule has 1 heterocycles. The Morgan fingerprint density at radius 1 is 1.48 bits per heavy atom. The van der Waals surface area contributed by atoms with Crippen LogP contribution in [0, 0.1) is 6.92 Å². The highest BCUT2D eigenvalue weighted by Gasteiger charge is 2.06. The fourth-order valence-corrected chi connectivity index (χ4v) is 1.92. The fraction of sp³-hybridized carbons (Fsp3) is 0.357. The van der Waals surface area contributed by atoms with Crippen molar-refractivity contribution in [2.75, 3.05) is 13.2 Å². The molecule has 1 aromatic heterocycles. The highest BCUT2D eigenvalue weighted by molar-refractivity contribution is 6.32. The Labute approximate surface area is 127 Å². The Kier molecular flexibility index (Phi) is 5.57. The van der Waals surface area contributed by atoms with Crippen LogP contribution in [0.1, 0.15) is 17.8 Å². The maximum absolute atomic E-state index is 11.7. The SMILES string of the molecule is Cc1ccc(Cl)c(OCC(=O)NCCCc2ncn[nH]2)c1. The maximum Gasteiger partial charge on any atom is 0.257 e. The second-order valence-electron chi connectivity index (χ2n) is 4.61. The van der Waals surface area contributed by atoms with Crippen molar-refractivity contribution in [3.63, 3.8) is 0 Å². The molecule has 0 saturated heterocycles. The van der Waals surface area contributed by atoms with Gasteiger partial charge in [0.15, 0.2) is 6.61 Å². The van der Waals surface area contributed by atoms with E-state index in [1.165, 1.54) is 6.33 Å². The van der Waals surface area contributed by atoms with Gasteiger partial charge in [0.05, 0.1) is 5.02 Å². The predicted octanol–water partition coefficient (Wildman–Crippen LogP) is 1.89.